The van der Waals surface area contributed by atoms with Gasteiger partial charge in [0.2, 0.25) is 0 Å². The van der Waals surface area contributed by atoms with Crippen LogP contribution in [0, 0.1) is 0 Å². The van der Waals surface area contributed by atoms with Crippen molar-refractivity contribution in [2.75, 3.05) is 47.1 Å². The van der Waals surface area contributed by atoms with Crippen LogP contribution < -0.4 is 15.4 Å². The summed E-state index contributed by atoms with van der Waals surface area (Å²) < 4.78 is 16.4. The zero-order valence-electron chi connectivity index (χ0n) is 15.4. The fourth-order valence-electron chi connectivity index (χ4n) is 2.75. The fourth-order valence-corrected chi connectivity index (χ4v) is 2.75. The molecule has 0 aromatic heterocycles. The lowest BCUT2D eigenvalue weighted by Crippen LogP contribution is -2.39. The first-order valence-electron chi connectivity index (χ1n) is 9.08. The maximum Gasteiger partial charge on any atom is 0.190 e. The molecule has 1 fully saturated rings. The van der Waals surface area contributed by atoms with Crippen molar-refractivity contribution >= 4 is 5.96 Å². The highest BCUT2D eigenvalue weighted by atomic mass is 16.5. The Labute approximate surface area is 151 Å². The lowest BCUT2D eigenvalue weighted by atomic mass is 10.1. The third-order valence-corrected chi connectivity index (χ3v) is 4.15. The molecule has 1 aliphatic heterocycles. The van der Waals surface area contributed by atoms with Crippen molar-refractivity contribution in [3.05, 3.63) is 29.8 Å². The molecule has 0 spiro atoms. The molecule has 1 atom stereocenters. The van der Waals surface area contributed by atoms with Crippen molar-refractivity contribution in [3.8, 4) is 5.75 Å². The number of hydrogen-bond acceptors (Lipinski definition) is 4. The molecule has 6 nitrogen and oxygen atoms in total. The molecular weight excluding hydrogens is 318 g/mol. The maximum absolute atomic E-state index is 5.66. The molecule has 0 saturated carbocycles. The van der Waals surface area contributed by atoms with Crippen LogP contribution >= 0.6 is 0 Å². The standard InChI is InChI=1S/C19H31N3O3/c1-20-19(21-10-5-12-24-15-18-8-4-13-25-18)22-11-9-16-6-3-7-17(14-16)23-2/h3,6-7,14,18H,4-5,8-13,15H2,1-2H3,(H2,20,21,22). The minimum Gasteiger partial charge on any atom is -0.497 e. The molecule has 2 N–H and O–H groups in total. The molecule has 1 heterocycles. The molecule has 140 valence electrons. The highest BCUT2D eigenvalue weighted by Crippen LogP contribution is 2.13. The van der Waals surface area contributed by atoms with E-state index < -0.39 is 0 Å². The van der Waals surface area contributed by atoms with Crippen LogP contribution in [0.25, 0.3) is 0 Å². The summed E-state index contributed by atoms with van der Waals surface area (Å²) in [5.74, 6) is 1.71. The summed E-state index contributed by atoms with van der Waals surface area (Å²) in [6.45, 7) is 4.00. The Hall–Kier alpha value is -1.79. The molecule has 1 unspecified atom stereocenters. The van der Waals surface area contributed by atoms with Crippen LogP contribution in [-0.2, 0) is 15.9 Å². The smallest absolute Gasteiger partial charge is 0.190 e. The van der Waals surface area contributed by atoms with Gasteiger partial charge < -0.3 is 24.8 Å². The summed E-state index contributed by atoms with van der Waals surface area (Å²) in [5, 5.41) is 6.64. The first kappa shape index (κ1) is 19.5. The number of nitrogens with one attached hydrogen (secondary N) is 2. The first-order valence-corrected chi connectivity index (χ1v) is 9.08. The predicted octanol–water partition coefficient (Wildman–Crippen LogP) is 1.99. The van der Waals surface area contributed by atoms with Gasteiger partial charge in [-0.15, -0.1) is 0 Å². The van der Waals surface area contributed by atoms with E-state index in [9.17, 15) is 0 Å². The quantitative estimate of drug-likeness (QED) is 0.384. The van der Waals surface area contributed by atoms with E-state index in [1.807, 2.05) is 12.1 Å². The Balaban J connectivity index is 1.52. The molecule has 0 radical (unpaired) electrons. The van der Waals surface area contributed by atoms with Crippen LogP contribution in [0.3, 0.4) is 0 Å². The van der Waals surface area contributed by atoms with Gasteiger partial charge in [-0.1, -0.05) is 12.1 Å². The molecule has 0 aliphatic carbocycles. The molecular formula is C19H31N3O3. The minimum atomic E-state index is 0.305. The number of hydrogen-bond donors (Lipinski definition) is 2. The Kier molecular flexibility index (Phi) is 9.15. The zero-order valence-corrected chi connectivity index (χ0v) is 15.4. The third kappa shape index (κ3) is 7.75. The van der Waals surface area contributed by atoms with Crippen LogP contribution in [0.1, 0.15) is 24.8 Å². The number of rotatable bonds is 10. The average molecular weight is 349 g/mol. The van der Waals surface area contributed by atoms with Crippen LogP contribution in [-0.4, -0.2) is 59.1 Å². The van der Waals surface area contributed by atoms with E-state index in [-0.39, 0.29) is 0 Å². The van der Waals surface area contributed by atoms with Gasteiger partial charge in [0.05, 0.1) is 19.8 Å². The number of ether oxygens (including phenoxy) is 3. The summed E-state index contributed by atoms with van der Waals surface area (Å²) in [4.78, 5) is 4.24. The second kappa shape index (κ2) is 11.7. The Morgan fingerprint density at radius 1 is 1.32 bits per heavy atom. The summed E-state index contributed by atoms with van der Waals surface area (Å²) in [6, 6.07) is 8.13. The monoisotopic (exact) mass is 349 g/mol. The average Bonchev–Trinajstić information content (AvgIpc) is 3.16. The van der Waals surface area contributed by atoms with Crippen molar-refractivity contribution < 1.29 is 14.2 Å². The SMILES string of the molecule is CN=C(NCCCOCC1CCCO1)NCCc1cccc(OC)c1. The predicted molar refractivity (Wildman–Crippen MR) is 100 cm³/mol. The molecule has 1 saturated heterocycles. The summed E-state index contributed by atoms with van der Waals surface area (Å²) in [5.41, 5.74) is 1.24. The van der Waals surface area contributed by atoms with E-state index in [0.717, 1.165) is 63.7 Å². The van der Waals surface area contributed by atoms with Gasteiger partial charge in [-0.2, -0.15) is 0 Å². The normalized spacial score (nSPS) is 17.5. The molecule has 0 bridgehead atoms. The molecule has 0 amide bonds. The fraction of sp³-hybridized carbons (Fsp3) is 0.632. The van der Waals surface area contributed by atoms with Crippen LogP contribution in [0.2, 0.25) is 0 Å². The number of methoxy groups -OCH3 is 1. The lowest BCUT2D eigenvalue weighted by Gasteiger charge is -2.13. The van der Waals surface area contributed by atoms with Crippen LogP contribution in [0.5, 0.6) is 5.75 Å². The number of nitrogens with zero attached hydrogens (tertiary/aromatic N) is 1. The van der Waals surface area contributed by atoms with Gasteiger partial charge in [0.25, 0.3) is 0 Å². The first-order chi connectivity index (χ1) is 12.3. The highest BCUT2D eigenvalue weighted by Gasteiger charge is 2.14. The number of benzene rings is 1. The van der Waals surface area contributed by atoms with Gasteiger partial charge in [0.1, 0.15) is 5.75 Å². The van der Waals surface area contributed by atoms with Gasteiger partial charge in [-0.3, -0.25) is 4.99 Å². The highest BCUT2D eigenvalue weighted by molar-refractivity contribution is 5.79. The van der Waals surface area contributed by atoms with Gasteiger partial charge in [-0.05, 0) is 43.4 Å². The van der Waals surface area contributed by atoms with Gasteiger partial charge in [0, 0.05) is 33.4 Å². The van der Waals surface area contributed by atoms with Crippen molar-refractivity contribution in [2.45, 2.75) is 31.8 Å². The van der Waals surface area contributed by atoms with E-state index in [0.29, 0.717) is 12.7 Å². The van der Waals surface area contributed by atoms with E-state index in [2.05, 4.69) is 27.8 Å². The van der Waals surface area contributed by atoms with Crippen molar-refractivity contribution in [3.63, 3.8) is 0 Å². The molecule has 1 aromatic carbocycles. The van der Waals surface area contributed by atoms with Crippen LogP contribution in [0.4, 0.5) is 0 Å². The van der Waals surface area contributed by atoms with E-state index in [1.165, 1.54) is 5.56 Å². The number of aliphatic imine (C=N–C) groups is 1. The molecule has 1 aromatic rings. The topological polar surface area (TPSA) is 64.1 Å². The van der Waals surface area contributed by atoms with Crippen molar-refractivity contribution in [1.29, 1.82) is 0 Å². The molecule has 2 rings (SSSR count). The maximum atomic E-state index is 5.66. The lowest BCUT2D eigenvalue weighted by molar-refractivity contribution is 0.0168. The third-order valence-electron chi connectivity index (χ3n) is 4.15. The van der Waals surface area contributed by atoms with Crippen molar-refractivity contribution in [1.82, 2.24) is 10.6 Å². The Morgan fingerprint density at radius 3 is 2.96 bits per heavy atom. The van der Waals surface area contributed by atoms with Crippen molar-refractivity contribution in [2.24, 2.45) is 4.99 Å². The zero-order chi connectivity index (χ0) is 17.7. The second-order valence-corrected chi connectivity index (χ2v) is 6.09. The minimum absolute atomic E-state index is 0.305. The Morgan fingerprint density at radius 2 is 2.20 bits per heavy atom. The van der Waals surface area contributed by atoms with Gasteiger partial charge >= 0.3 is 0 Å². The van der Waals surface area contributed by atoms with Gasteiger partial charge in [0.15, 0.2) is 5.96 Å². The summed E-state index contributed by atoms with van der Waals surface area (Å²) in [7, 11) is 3.47. The Bertz CT molecular complexity index is 516. The molecule has 6 heteroatoms. The second-order valence-electron chi connectivity index (χ2n) is 6.09. The largest absolute Gasteiger partial charge is 0.497 e. The molecule has 25 heavy (non-hydrogen) atoms. The van der Waals surface area contributed by atoms with E-state index >= 15 is 0 Å². The van der Waals surface area contributed by atoms with Gasteiger partial charge in [-0.25, -0.2) is 0 Å². The van der Waals surface area contributed by atoms with Crippen LogP contribution in [0.15, 0.2) is 29.3 Å². The summed E-state index contributed by atoms with van der Waals surface area (Å²) in [6.07, 6.45) is 4.46. The van der Waals surface area contributed by atoms with E-state index in [4.69, 9.17) is 14.2 Å². The molecule has 1 aliphatic rings. The number of guanidine groups is 1. The van der Waals surface area contributed by atoms with E-state index in [1.54, 1.807) is 14.2 Å². The summed E-state index contributed by atoms with van der Waals surface area (Å²) >= 11 is 0.